The molecule has 3 N–H and O–H groups in total. The van der Waals surface area contributed by atoms with E-state index in [1.165, 1.54) is 0 Å². The summed E-state index contributed by atoms with van der Waals surface area (Å²) in [6.45, 7) is 2.68. The molecule has 0 radical (unpaired) electrons. The molecule has 0 saturated heterocycles. The normalized spacial score (nSPS) is 10.8. The zero-order valence-electron chi connectivity index (χ0n) is 12.4. The molecule has 0 aliphatic rings. The van der Waals surface area contributed by atoms with Crippen LogP contribution in [0.3, 0.4) is 0 Å². The number of carbonyl (C=O) groups is 1. The van der Waals surface area contributed by atoms with E-state index >= 15 is 0 Å². The molecule has 0 saturated carbocycles. The van der Waals surface area contributed by atoms with Gasteiger partial charge in [0, 0.05) is 38.1 Å². The summed E-state index contributed by atoms with van der Waals surface area (Å²) in [5.74, 6) is 0.0286. The Kier molecular flexibility index (Phi) is 7.69. The summed E-state index contributed by atoms with van der Waals surface area (Å²) in [5.41, 5.74) is 7.07. The van der Waals surface area contributed by atoms with E-state index in [2.05, 4.69) is 17.3 Å². The van der Waals surface area contributed by atoms with Gasteiger partial charge in [-0.3, -0.25) is 4.79 Å². The van der Waals surface area contributed by atoms with E-state index in [0.717, 1.165) is 38.2 Å². The number of ether oxygens (including phenoxy) is 1. The van der Waals surface area contributed by atoms with Gasteiger partial charge in [-0.25, -0.2) is 0 Å². The van der Waals surface area contributed by atoms with Gasteiger partial charge in [0.15, 0.2) is 0 Å². The SMILES string of the molecule is COCCCN(C)CCCC(=O)Nc1cccc(N)c1. The van der Waals surface area contributed by atoms with E-state index in [4.69, 9.17) is 10.5 Å². The van der Waals surface area contributed by atoms with Gasteiger partial charge in [-0.15, -0.1) is 0 Å². The number of nitrogen functional groups attached to an aromatic ring is 1. The second-order valence-corrected chi connectivity index (χ2v) is 4.93. The molecule has 0 heterocycles. The van der Waals surface area contributed by atoms with Gasteiger partial charge in [-0.05, 0) is 44.6 Å². The van der Waals surface area contributed by atoms with Crippen molar-refractivity contribution in [3.8, 4) is 0 Å². The first-order chi connectivity index (χ1) is 9.61. The minimum atomic E-state index is 0.0286. The second kappa shape index (κ2) is 9.34. The Hall–Kier alpha value is -1.59. The van der Waals surface area contributed by atoms with E-state index in [9.17, 15) is 4.79 Å². The summed E-state index contributed by atoms with van der Waals surface area (Å²) in [6, 6.07) is 7.22. The largest absolute Gasteiger partial charge is 0.399 e. The van der Waals surface area contributed by atoms with Crippen molar-refractivity contribution in [2.45, 2.75) is 19.3 Å². The monoisotopic (exact) mass is 279 g/mol. The molecule has 112 valence electrons. The zero-order chi connectivity index (χ0) is 14.8. The molecule has 0 aliphatic heterocycles. The topological polar surface area (TPSA) is 67.6 Å². The molecule has 0 bridgehead atoms. The van der Waals surface area contributed by atoms with Gasteiger partial charge < -0.3 is 20.7 Å². The predicted molar refractivity (Wildman–Crippen MR) is 82.7 cm³/mol. The van der Waals surface area contributed by atoms with Crippen molar-refractivity contribution in [3.63, 3.8) is 0 Å². The maximum atomic E-state index is 11.8. The number of hydrogen-bond donors (Lipinski definition) is 2. The van der Waals surface area contributed by atoms with Gasteiger partial charge in [0.05, 0.1) is 0 Å². The molecule has 0 aliphatic carbocycles. The molecule has 1 aromatic carbocycles. The van der Waals surface area contributed by atoms with Crippen LogP contribution in [0.15, 0.2) is 24.3 Å². The summed E-state index contributed by atoms with van der Waals surface area (Å²) in [5, 5.41) is 2.85. The Morgan fingerprint density at radius 1 is 1.35 bits per heavy atom. The Morgan fingerprint density at radius 2 is 2.10 bits per heavy atom. The highest BCUT2D eigenvalue weighted by Gasteiger charge is 2.04. The van der Waals surface area contributed by atoms with Gasteiger partial charge in [0.1, 0.15) is 0 Å². The van der Waals surface area contributed by atoms with Gasteiger partial charge in [-0.1, -0.05) is 6.07 Å². The number of anilines is 2. The maximum absolute atomic E-state index is 11.8. The first-order valence-corrected chi connectivity index (χ1v) is 6.94. The molecule has 20 heavy (non-hydrogen) atoms. The van der Waals surface area contributed by atoms with E-state index < -0.39 is 0 Å². The molecule has 1 rings (SSSR count). The lowest BCUT2D eigenvalue weighted by atomic mass is 10.2. The molecule has 0 unspecified atom stereocenters. The van der Waals surface area contributed by atoms with Crippen molar-refractivity contribution in [1.29, 1.82) is 0 Å². The van der Waals surface area contributed by atoms with Gasteiger partial charge in [0.2, 0.25) is 5.91 Å². The van der Waals surface area contributed by atoms with Gasteiger partial charge >= 0.3 is 0 Å². The number of amides is 1. The third-order valence-corrected chi connectivity index (χ3v) is 3.00. The van der Waals surface area contributed by atoms with Crippen LogP contribution < -0.4 is 11.1 Å². The quantitative estimate of drug-likeness (QED) is 0.535. The number of nitrogens with zero attached hydrogens (tertiary/aromatic N) is 1. The van der Waals surface area contributed by atoms with Crippen molar-refractivity contribution >= 4 is 17.3 Å². The third-order valence-electron chi connectivity index (χ3n) is 3.00. The first kappa shape index (κ1) is 16.5. The predicted octanol–water partition coefficient (Wildman–Crippen LogP) is 1.96. The van der Waals surface area contributed by atoms with Crippen LogP contribution in [0.25, 0.3) is 0 Å². The lowest BCUT2D eigenvalue weighted by Crippen LogP contribution is -2.23. The fourth-order valence-corrected chi connectivity index (χ4v) is 1.94. The highest BCUT2D eigenvalue weighted by Crippen LogP contribution is 2.12. The van der Waals surface area contributed by atoms with Crippen molar-refractivity contribution in [2.75, 3.05) is 44.9 Å². The molecule has 0 fully saturated rings. The van der Waals surface area contributed by atoms with Crippen LogP contribution in [0.4, 0.5) is 11.4 Å². The maximum Gasteiger partial charge on any atom is 0.224 e. The van der Waals surface area contributed by atoms with Crippen LogP contribution in [-0.2, 0) is 9.53 Å². The number of nitrogens with one attached hydrogen (secondary N) is 1. The molecule has 0 atom stereocenters. The Bertz CT molecular complexity index is 410. The molecule has 5 nitrogen and oxygen atoms in total. The van der Waals surface area contributed by atoms with E-state index in [1.807, 2.05) is 12.1 Å². The first-order valence-electron chi connectivity index (χ1n) is 6.94. The van der Waals surface area contributed by atoms with E-state index in [0.29, 0.717) is 12.1 Å². The zero-order valence-corrected chi connectivity index (χ0v) is 12.4. The van der Waals surface area contributed by atoms with E-state index in [-0.39, 0.29) is 5.91 Å². The fourth-order valence-electron chi connectivity index (χ4n) is 1.94. The molecule has 0 spiro atoms. The Morgan fingerprint density at radius 3 is 2.80 bits per heavy atom. The molecule has 5 heteroatoms. The van der Waals surface area contributed by atoms with Crippen LogP contribution in [0.5, 0.6) is 0 Å². The van der Waals surface area contributed by atoms with Crippen molar-refractivity contribution in [2.24, 2.45) is 0 Å². The molecule has 0 aromatic heterocycles. The lowest BCUT2D eigenvalue weighted by Gasteiger charge is -2.15. The van der Waals surface area contributed by atoms with Crippen LogP contribution in [0, 0.1) is 0 Å². The van der Waals surface area contributed by atoms with Crippen molar-refractivity contribution in [1.82, 2.24) is 4.90 Å². The minimum absolute atomic E-state index is 0.0286. The Balaban J connectivity index is 2.17. The van der Waals surface area contributed by atoms with Crippen LogP contribution in [0.2, 0.25) is 0 Å². The molecule has 1 amide bonds. The van der Waals surface area contributed by atoms with Crippen LogP contribution in [-0.4, -0.2) is 44.7 Å². The van der Waals surface area contributed by atoms with Crippen LogP contribution in [0.1, 0.15) is 19.3 Å². The highest BCUT2D eigenvalue weighted by atomic mass is 16.5. The summed E-state index contributed by atoms with van der Waals surface area (Å²) < 4.78 is 5.01. The third kappa shape index (κ3) is 7.11. The van der Waals surface area contributed by atoms with Crippen molar-refractivity contribution in [3.05, 3.63) is 24.3 Å². The summed E-state index contributed by atoms with van der Waals surface area (Å²) in [4.78, 5) is 14.0. The number of nitrogens with two attached hydrogens (primary N) is 1. The summed E-state index contributed by atoms with van der Waals surface area (Å²) in [6.07, 6.45) is 2.38. The number of hydrogen-bond acceptors (Lipinski definition) is 4. The average molecular weight is 279 g/mol. The van der Waals surface area contributed by atoms with Gasteiger partial charge in [0.25, 0.3) is 0 Å². The molecular weight excluding hydrogens is 254 g/mol. The number of benzene rings is 1. The molecule has 1 aromatic rings. The smallest absolute Gasteiger partial charge is 0.224 e. The second-order valence-electron chi connectivity index (χ2n) is 4.93. The number of methoxy groups -OCH3 is 1. The minimum Gasteiger partial charge on any atom is -0.399 e. The average Bonchev–Trinajstić information content (AvgIpc) is 2.39. The van der Waals surface area contributed by atoms with Crippen LogP contribution >= 0.6 is 0 Å². The van der Waals surface area contributed by atoms with Gasteiger partial charge in [-0.2, -0.15) is 0 Å². The summed E-state index contributed by atoms with van der Waals surface area (Å²) in [7, 11) is 3.77. The van der Waals surface area contributed by atoms with E-state index in [1.54, 1.807) is 19.2 Å². The number of rotatable bonds is 9. The fraction of sp³-hybridized carbons (Fsp3) is 0.533. The lowest BCUT2D eigenvalue weighted by molar-refractivity contribution is -0.116. The summed E-state index contributed by atoms with van der Waals surface area (Å²) >= 11 is 0. The molecular formula is C15H25N3O2. The standard InChI is InChI=1S/C15H25N3O2/c1-18(10-5-11-20-2)9-4-8-15(19)17-14-7-3-6-13(16)12-14/h3,6-7,12H,4-5,8-11,16H2,1-2H3,(H,17,19). The number of carbonyl (C=O) groups excluding carboxylic acids is 1. The van der Waals surface area contributed by atoms with Crippen molar-refractivity contribution < 1.29 is 9.53 Å². The Labute approximate surface area is 121 Å². The highest BCUT2D eigenvalue weighted by molar-refractivity contribution is 5.91.